The number of fused-ring (bicyclic) bond motifs is 2. The number of amides is 1. The second kappa shape index (κ2) is 22.9. The Kier molecular flexibility index (Phi) is 18.3. The van der Waals surface area contributed by atoms with Gasteiger partial charge in [-0.1, -0.05) is 135 Å². The third-order valence-electron chi connectivity index (χ3n) is 10.2. The van der Waals surface area contributed by atoms with E-state index in [0.717, 1.165) is 66.0 Å². The second-order valence-corrected chi connectivity index (χ2v) is 15.9. The number of hydrogen-bond donors (Lipinski definition) is 0. The van der Waals surface area contributed by atoms with Crippen LogP contribution in [0.5, 0.6) is 0 Å². The number of unbranched alkanes of at least 4 members (excludes halogenated alkanes) is 18. The predicted molar refractivity (Wildman–Crippen MR) is 211 cm³/mol. The minimum atomic E-state index is -1.00. The lowest BCUT2D eigenvalue weighted by molar-refractivity contribution is -0.164. The van der Waals surface area contributed by atoms with Crippen LogP contribution in [0, 0.1) is 6.92 Å². The van der Waals surface area contributed by atoms with Crippen molar-refractivity contribution in [2.24, 2.45) is 4.99 Å². The van der Waals surface area contributed by atoms with Gasteiger partial charge in [0.05, 0.1) is 16.6 Å². The molecule has 1 unspecified atom stereocenters. The molecule has 0 radical (unpaired) electrons. The molecule has 1 aromatic carbocycles. The number of esters is 1. The second-order valence-electron chi connectivity index (χ2n) is 14.7. The number of aryl methyl sites for hydroxylation is 1. The number of thiophene rings is 1. The summed E-state index contributed by atoms with van der Waals surface area (Å²) in [4.78, 5) is 39.0. The SMILES string of the molecule is CCCCCCCCCCCCCCCCCCCCCC(=O)OC(C)OC(=O)N1C(N2CCN(C)CC2)=c2cc(C)sc2=Nc2ccccc21. The molecule has 0 aliphatic carbocycles. The van der Waals surface area contributed by atoms with Crippen LogP contribution < -0.4 is 14.8 Å². The molecule has 8 nitrogen and oxygen atoms in total. The fourth-order valence-electron chi connectivity index (χ4n) is 7.16. The van der Waals surface area contributed by atoms with Gasteiger partial charge in [0, 0.05) is 44.4 Å². The molecule has 1 amide bonds. The van der Waals surface area contributed by atoms with Gasteiger partial charge in [0.1, 0.15) is 10.5 Å². The molecule has 51 heavy (non-hydrogen) atoms. The lowest BCUT2D eigenvalue weighted by Gasteiger charge is -2.39. The van der Waals surface area contributed by atoms with E-state index in [1.165, 1.54) is 103 Å². The van der Waals surface area contributed by atoms with Gasteiger partial charge in [0.25, 0.3) is 0 Å². The molecule has 0 bridgehead atoms. The first-order valence-corrected chi connectivity index (χ1v) is 21.1. The summed E-state index contributed by atoms with van der Waals surface area (Å²) in [6.45, 7) is 9.29. The normalized spacial score (nSPS) is 15.2. The summed E-state index contributed by atoms with van der Waals surface area (Å²) in [6, 6.07) is 9.76. The fraction of sp³-hybridized carbons (Fsp3) is 0.690. The molecule has 1 aromatic heterocycles. The van der Waals surface area contributed by atoms with Crippen molar-refractivity contribution in [1.29, 1.82) is 0 Å². The van der Waals surface area contributed by atoms with Crippen LogP contribution in [0.3, 0.4) is 0 Å². The number of hydrogen-bond acceptors (Lipinski definition) is 8. The molecule has 1 atom stereocenters. The molecule has 2 aliphatic rings. The average molecular weight is 723 g/mol. The van der Waals surface area contributed by atoms with Gasteiger partial charge in [-0.15, -0.1) is 11.3 Å². The van der Waals surface area contributed by atoms with E-state index in [1.807, 2.05) is 24.3 Å². The summed E-state index contributed by atoms with van der Waals surface area (Å²) < 4.78 is 12.3. The summed E-state index contributed by atoms with van der Waals surface area (Å²) in [5, 5.41) is 0.921. The third-order valence-corrected chi connectivity index (χ3v) is 11.1. The summed E-state index contributed by atoms with van der Waals surface area (Å²) in [5.74, 6) is 0.446. The van der Waals surface area contributed by atoms with Crippen LogP contribution in [0.2, 0.25) is 0 Å². The number of piperazine rings is 1. The van der Waals surface area contributed by atoms with E-state index in [9.17, 15) is 9.59 Å². The smallest absolute Gasteiger partial charge is 0.423 e. The monoisotopic (exact) mass is 722 g/mol. The first-order valence-electron chi connectivity index (χ1n) is 20.3. The number of likely N-dealkylation sites (N-methyl/N-ethyl adjacent to an activating group) is 1. The molecule has 284 valence electrons. The molecule has 2 aliphatic heterocycles. The Morgan fingerprint density at radius 1 is 0.765 bits per heavy atom. The zero-order valence-electron chi connectivity index (χ0n) is 32.3. The fourth-order valence-corrected chi connectivity index (χ4v) is 8.05. The topological polar surface area (TPSA) is 74.7 Å². The number of carbonyl (C=O) groups is 2. The maximum atomic E-state index is 14.0. The molecule has 4 rings (SSSR count). The Morgan fingerprint density at radius 2 is 1.29 bits per heavy atom. The summed E-state index contributed by atoms with van der Waals surface area (Å²) in [6.07, 6.45) is 23.8. The molecular weight excluding hydrogens is 657 g/mol. The number of carbonyl (C=O) groups excluding carboxylic acids is 2. The van der Waals surface area contributed by atoms with E-state index in [1.54, 1.807) is 23.2 Å². The van der Waals surface area contributed by atoms with E-state index in [0.29, 0.717) is 17.8 Å². The average Bonchev–Trinajstić information content (AvgIpc) is 3.41. The molecule has 0 saturated carbocycles. The molecule has 9 heteroatoms. The number of nitrogens with zero attached hydrogens (tertiary/aromatic N) is 4. The minimum absolute atomic E-state index is 0.326. The third kappa shape index (κ3) is 13.9. The Labute approximate surface area is 312 Å². The van der Waals surface area contributed by atoms with Crippen LogP contribution in [0.4, 0.5) is 16.2 Å². The van der Waals surface area contributed by atoms with Gasteiger partial charge in [0.15, 0.2) is 0 Å². The summed E-state index contributed by atoms with van der Waals surface area (Å²) in [7, 11) is 2.11. The maximum absolute atomic E-state index is 14.0. The van der Waals surface area contributed by atoms with E-state index < -0.39 is 12.4 Å². The van der Waals surface area contributed by atoms with Gasteiger partial charge in [0.2, 0.25) is 6.29 Å². The van der Waals surface area contributed by atoms with Crippen LogP contribution in [0.15, 0.2) is 35.3 Å². The van der Waals surface area contributed by atoms with E-state index in [2.05, 4.69) is 36.8 Å². The van der Waals surface area contributed by atoms with Crippen molar-refractivity contribution in [2.75, 3.05) is 38.1 Å². The van der Waals surface area contributed by atoms with Gasteiger partial charge in [-0.25, -0.2) is 14.7 Å². The summed E-state index contributed by atoms with van der Waals surface area (Å²) >= 11 is 1.62. The van der Waals surface area contributed by atoms with Gasteiger partial charge in [-0.3, -0.25) is 4.79 Å². The Balaban J connectivity index is 1.12. The molecular formula is C42H66N4O4S. The first-order chi connectivity index (χ1) is 24.9. The predicted octanol–water partition coefficient (Wildman–Crippen LogP) is 9.99. The molecule has 3 heterocycles. The Bertz CT molecular complexity index is 1450. The van der Waals surface area contributed by atoms with Crippen LogP contribution in [-0.4, -0.2) is 61.4 Å². The van der Waals surface area contributed by atoms with Gasteiger partial charge in [-0.2, -0.15) is 0 Å². The highest BCUT2D eigenvalue weighted by molar-refractivity contribution is 7.09. The van der Waals surface area contributed by atoms with Crippen LogP contribution in [-0.2, 0) is 14.3 Å². The lowest BCUT2D eigenvalue weighted by atomic mass is 10.0. The maximum Gasteiger partial charge on any atom is 0.423 e. The van der Waals surface area contributed by atoms with Crippen molar-refractivity contribution in [3.8, 4) is 0 Å². The first kappa shape index (κ1) is 40.9. The molecule has 1 fully saturated rings. The zero-order chi connectivity index (χ0) is 36.3. The van der Waals surface area contributed by atoms with E-state index in [-0.39, 0.29) is 5.97 Å². The summed E-state index contributed by atoms with van der Waals surface area (Å²) in [5.41, 5.74) is 1.36. The quantitative estimate of drug-likeness (QED) is 0.0646. The van der Waals surface area contributed by atoms with Crippen molar-refractivity contribution < 1.29 is 19.1 Å². The minimum Gasteiger partial charge on any atom is -0.425 e. The van der Waals surface area contributed by atoms with Gasteiger partial charge < -0.3 is 19.3 Å². The van der Waals surface area contributed by atoms with Crippen LogP contribution in [0.25, 0.3) is 5.82 Å². The van der Waals surface area contributed by atoms with Gasteiger partial charge >= 0.3 is 12.1 Å². The molecule has 0 spiro atoms. The largest absolute Gasteiger partial charge is 0.425 e. The van der Waals surface area contributed by atoms with Crippen LogP contribution >= 0.6 is 11.3 Å². The van der Waals surface area contributed by atoms with E-state index in [4.69, 9.17) is 14.5 Å². The Morgan fingerprint density at radius 3 is 1.86 bits per heavy atom. The van der Waals surface area contributed by atoms with Crippen molar-refractivity contribution in [1.82, 2.24) is 9.80 Å². The van der Waals surface area contributed by atoms with Gasteiger partial charge in [-0.05, 0) is 38.6 Å². The lowest BCUT2D eigenvalue weighted by Crippen LogP contribution is -2.51. The van der Waals surface area contributed by atoms with Crippen molar-refractivity contribution in [3.63, 3.8) is 0 Å². The van der Waals surface area contributed by atoms with Crippen molar-refractivity contribution in [3.05, 3.63) is 45.1 Å². The van der Waals surface area contributed by atoms with E-state index >= 15 is 0 Å². The number of ether oxygens (including phenoxy) is 2. The number of anilines is 1. The van der Waals surface area contributed by atoms with Crippen molar-refractivity contribution in [2.45, 2.75) is 155 Å². The number of benzene rings is 1. The zero-order valence-corrected chi connectivity index (χ0v) is 33.1. The molecule has 2 aromatic rings. The highest BCUT2D eigenvalue weighted by Gasteiger charge is 2.33. The highest BCUT2D eigenvalue weighted by Crippen LogP contribution is 2.34. The number of rotatable bonds is 23. The standard InChI is InChI=1S/C42H66N4O4S/c1-5-6-7-8-9-10-11-12-13-14-15-16-17-18-19-20-21-22-23-28-39(47)49-35(3)50-42(48)46-38-27-25-24-26-37(38)43-40-36(33-34(2)51-40)41(46)45-31-29-44(4)30-32-45/h24-27,33,35H,5-23,28-32H2,1-4H3. The highest BCUT2D eigenvalue weighted by atomic mass is 32.1. The Hall–Kier alpha value is -2.91. The molecule has 0 N–H and O–H groups in total. The molecule has 1 saturated heterocycles. The van der Waals surface area contributed by atoms with Crippen molar-refractivity contribution >= 4 is 40.6 Å². The number of para-hydroxylation sites is 2. The van der Waals surface area contributed by atoms with Crippen LogP contribution in [0.1, 0.15) is 147 Å².